The number of benzene rings is 2. The lowest BCUT2D eigenvalue weighted by Crippen LogP contribution is -2.36. The van der Waals surface area contributed by atoms with Gasteiger partial charge < -0.3 is 10.2 Å². The highest BCUT2D eigenvalue weighted by molar-refractivity contribution is 6.09. The lowest BCUT2D eigenvalue weighted by Gasteiger charge is -2.17. The molecule has 0 bridgehead atoms. The number of carbonyl (C=O) groups is 2. The van der Waals surface area contributed by atoms with Gasteiger partial charge in [-0.15, -0.1) is 0 Å². The minimum absolute atomic E-state index is 0.299. The maximum absolute atomic E-state index is 12.6. The summed E-state index contributed by atoms with van der Waals surface area (Å²) in [5.74, 6) is -1.58. The van der Waals surface area contributed by atoms with Crippen LogP contribution in [0.1, 0.15) is 17.5 Å². The Morgan fingerprint density at radius 2 is 1.73 bits per heavy atom. The Kier molecular flexibility index (Phi) is 4.97. The van der Waals surface area contributed by atoms with Crippen molar-refractivity contribution >= 4 is 17.5 Å². The molecule has 1 unspecified atom stereocenters. The summed E-state index contributed by atoms with van der Waals surface area (Å²) in [7, 11) is 0. The van der Waals surface area contributed by atoms with Gasteiger partial charge in [0.2, 0.25) is 11.8 Å². The number of anilines is 1. The molecule has 2 amide bonds. The van der Waals surface area contributed by atoms with Gasteiger partial charge in [0.1, 0.15) is 5.92 Å². The Labute approximate surface area is 148 Å². The Bertz CT molecular complexity index is 789. The second kappa shape index (κ2) is 7.19. The van der Waals surface area contributed by atoms with E-state index in [1.807, 2.05) is 30.3 Å². The van der Waals surface area contributed by atoms with Gasteiger partial charge in [-0.05, 0) is 36.2 Å². The summed E-state index contributed by atoms with van der Waals surface area (Å²) in [5.41, 5.74) is 0.511. The van der Waals surface area contributed by atoms with Crippen molar-refractivity contribution in [3.05, 3.63) is 65.7 Å². The minimum atomic E-state index is -4.42. The molecular weight excluding hydrogens is 345 g/mol. The molecule has 1 atom stereocenters. The van der Waals surface area contributed by atoms with E-state index in [0.717, 1.165) is 17.7 Å². The van der Waals surface area contributed by atoms with Crippen molar-refractivity contribution in [1.29, 1.82) is 0 Å². The van der Waals surface area contributed by atoms with Crippen LogP contribution in [0.25, 0.3) is 0 Å². The van der Waals surface area contributed by atoms with Crippen LogP contribution in [0, 0.1) is 5.92 Å². The first-order valence-electron chi connectivity index (χ1n) is 8.16. The van der Waals surface area contributed by atoms with E-state index in [4.69, 9.17) is 0 Å². The van der Waals surface area contributed by atoms with Crippen molar-refractivity contribution < 1.29 is 22.8 Å². The van der Waals surface area contributed by atoms with Crippen molar-refractivity contribution in [2.24, 2.45) is 5.92 Å². The maximum Gasteiger partial charge on any atom is 0.416 e. The van der Waals surface area contributed by atoms with Crippen molar-refractivity contribution in [3.63, 3.8) is 0 Å². The van der Waals surface area contributed by atoms with E-state index >= 15 is 0 Å². The van der Waals surface area contributed by atoms with Crippen LogP contribution in [0.4, 0.5) is 18.9 Å². The number of hydrogen-bond donors (Lipinski definition) is 1. The molecule has 1 fully saturated rings. The monoisotopic (exact) mass is 362 g/mol. The number of alkyl halides is 3. The summed E-state index contributed by atoms with van der Waals surface area (Å²) in [5, 5.41) is 2.74. The third-order valence-corrected chi connectivity index (χ3v) is 4.34. The van der Waals surface area contributed by atoms with E-state index in [9.17, 15) is 22.8 Å². The van der Waals surface area contributed by atoms with Gasteiger partial charge >= 0.3 is 6.18 Å². The SMILES string of the molecule is O=C(NCc1ccccc1)C1CCN(c2ccc(C(F)(F)F)cc2)C1=O. The summed E-state index contributed by atoms with van der Waals surface area (Å²) in [6.45, 7) is 0.622. The van der Waals surface area contributed by atoms with Gasteiger partial charge in [-0.1, -0.05) is 30.3 Å². The van der Waals surface area contributed by atoms with Gasteiger partial charge in [-0.3, -0.25) is 9.59 Å². The fourth-order valence-electron chi connectivity index (χ4n) is 2.92. The molecule has 3 rings (SSSR count). The zero-order valence-electron chi connectivity index (χ0n) is 13.8. The fraction of sp³-hybridized carbons (Fsp3) is 0.263. The van der Waals surface area contributed by atoms with Crippen LogP contribution >= 0.6 is 0 Å². The predicted octanol–water partition coefficient (Wildman–Crippen LogP) is 3.37. The second-order valence-electron chi connectivity index (χ2n) is 6.08. The molecule has 4 nitrogen and oxygen atoms in total. The lowest BCUT2D eigenvalue weighted by atomic mass is 10.1. The maximum atomic E-state index is 12.6. The Morgan fingerprint density at radius 1 is 1.08 bits per heavy atom. The molecular formula is C19H17F3N2O2. The second-order valence-corrected chi connectivity index (χ2v) is 6.08. The van der Waals surface area contributed by atoms with Crippen LogP contribution in [-0.4, -0.2) is 18.4 Å². The Balaban J connectivity index is 1.63. The number of amides is 2. The highest BCUT2D eigenvalue weighted by atomic mass is 19.4. The zero-order valence-corrected chi connectivity index (χ0v) is 13.8. The first-order chi connectivity index (χ1) is 12.4. The fourth-order valence-corrected chi connectivity index (χ4v) is 2.92. The predicted molar refractivity (Wildman–Crippen MR) is 90.2 cm³/mol. The molecule has 0 aliphatic carbocycles. The molecule has 1 aliphatic rings. The molecule has 2 aromatic carbocycles. The molecule has 0 aromatic heterocycles. The molecule has 136 valence electrons. The largest absolute Gasteiger partial charge is 0.416 e. The lowest BCUT2D eigenvalue weighted by molar-refractivity contribution is -0.137. The van der Waals surface area contributed by atoms with Gasteiger partial charge in [-0.25, -0.2) is 0 Å². The summed E-state index contributed by atoms with van der Waals surface area (Å²) in [4.78, 5) is 26.1. The summed E-state index contributed by atoms with van der Waals surface area (Å²) < 4.78 is 37.9. The number of hydrogen-bond acceptors (Lipinski definition) is 2. The normalized spacial score (nSPS) is 17.4. The van der Waals surface area contributed by atoms with E-state index in [1.54, 1.807) is 0 Å². The van der Waals surface area contributed by atoms with Gasteiger partial charge in [-0.2, -0.15) is 13.2 Å². The van der Waals surface area contributed by atoms with Crippen LogP contribution in [0.5, 0.6) is 0 Å². The van der Waals surface area contributed by atoms with E-state index in [2.05, 4.69) is 5.32 Å². The molecule has 2 aromatic rings. The van der Waals surface area contributed by atoms with Crippen LogP contribution in [0.3, 0.4) is 0 Å². The van der Waals surface area contributed by atoms with Crippen molar-refractivity contribution in [3.8, 4) is 0 Å². The topological polar surface area (TPSA) is 49.4 Å². The van der Waals surface area contributed by atoms with Crippen LogP contribution < -0.4 is 10.2 Å². The molecule has 1 aliphatic heterocycles. The van der Waals surface area contributed by atoms with E-state index in [1.165, 1.54) is 17.0 Å². The highest BCUT2D eigenvalue weighted by Gasteiger charge is 2.38. The molecule has 1 heterocycles. The van der Waals surface area contributed by atoms with Crippen LogP contribution in [0.15, 0.2) is 54.6 Å². The first kappa shape index (κ1) is 18.0. The number of rotatable bonds is 4. The molecule has 0 radical (unpaired) electrons. The zero-order chi connectivity index (χ0) is 18.7. The number of nitrogens with zero attached hydrogens (tertiary/aromatic N) is 1. The van der Waals surface area contributed by atoms with Crippen molar-refractivity contribution in [2.45, 2.75) is 19.1 Å². The molecule has 0 spiro atoms. The molecule has 26 heavy (non-hydrogen) atoms. The van der Waals surface area contributed by atoms with Crippen LogP contribution in [0.2, 0.25) is 0 Å². The molecule has 0 saturated carbocycles. The van der Waals surface area contributed by atoms with Gasteiger partial charge in [0, 0.05) is 18.8 Å². The van der Waals surface area contributed by atoms with Gasteiger partial charge in [0.05, 0.1) is 5.56 Å². The molecule has 1 saturated heterocycles. The number of carbonyl (C=O) groups excluding carboxylic acids is 2. The summed E-state index contributed by atoms with van der Waals surface area (Å²) in [6, 6.07) is 13.7. The molecule has 7 heteroatoms. The van der Waals surface area contributed by atoms with Crippen molar-refractivity contribution in [2.75, 3.05) is 11.4 Å². The standard InChI is InChI=1S/C19H17F3N2O2/c20-19(21,22)14-6-8-15(9-7-14)24-11-10-16(18(24)26)17(25)23-12-13-4-2-1-3-5-13/h1-9,16H,10-12H2,(H,23,25). The van der Waals surface area contributed by atoms with E-state index in [-0.39, 0.29) is 5.91 Å². The summed E-state index contributed by atoms with van der Waals surface area (Å²) in [6.07, 6.45) is -4.09. The third-order valence-electron chi connectivity index (χ3n) is 4.34. The van der Waals surface area contributed by atoms with Crippen molar-refractivity contribution in [1.82, 2.24) is 5.32 Å². The molecule has 1 N–H and O–H groups in total. The smallest absolute Gasteiger partial charge is 0.351 e. The average Bonchev–Trinajstić information content (AvgIpc) is 3.01. The van der Waals surface area contributed by atoms with Crippen LogP contribution in [-0.2, 0) is 22.3 Å². The average molecular weight is 362 g/mol. The number of nitrogens with one attached hydrogen (secondary N) is 1. The Hall–Kier alpha value is -2.83. The Morgan fingerprint density at radius 3 is 2.35 bits per heavy atom. The summed E-state index contributed by atoms with van der Waals surface area (Å²) >= 11 is 0. The third kappa shape index (κ3) is 3.87. The van der Waals surface area contributed by atoms with Gasteiger partial charge in [0.25, 0.3) is 0 Å². The minimum Gasteiger partial charge on any atom is -0.351 e. The highest BCUT2D eigenvalue weighted by Crippen LogP contribution is 2.32. The first-order valence-corrected chi connectivity index (χ1v) is 8.16. The van der Waals surface area contributed by atoms with E-state index in [0.29, 0.717) is 25.2 Å². The quantitative estimate of drug-likeness (QED) is 0.848. The van der Waals surface area contributed by atoms with Gasteiger partial charge in [0.15, 0.2) is 0 Å². The number of halogens is 3. The van der Waals surface area contributed by atoms with E-state index < -0.39 is 23.6 Å².